The first-order valence-electron chi connectivity index (χ1n) is 6.50. The summed E-state index contributed by atoms with van der Waals surface area (Å²) in [6.45, 7) is 0. The largest absolute Gasteiger partial charge is 0.478 e. The highest BCUT2D eigenvalue weighted by Gasteiger charge is 2.40. The lowest BCUT2D eigenvalue weighted by molar-refractivity contribution is -0.135. The second-order valence-electron chi connectivity index (χ2n) is 5.02. The third-order valence-corrected chi connectivity index (χ3v) is 3.76. The van der Waals surface area contributed by atoms with E-state index in [4.69, 9.17) is 5.11 Å². The highest BCUT2D eigenvalue weighted by atomic mass is 16.4. The van der Waals surface area contributed by atoms with E-state index in [2.05, 4.69) is 5.32 Å². The van der Waals surface area contributed by atoms with Crippen LogP contribution in [0.25, 0.3) is 0 Å². The molecule has 108 valence electrons. The number of fused-ring (bicyclic) bond motifs is 1. The molecule has 3 rings (SSSR count). The molecule has 1 aromatic carbocycles. The Bertz CT molecular complexity index is 682. The summed E-state index contributed by atoms with van der Waals surface area (Å²) in [5.41, 5.74) is 0.921. The van der Waals surface area contributed by atoms with Crippen molar-refractivity contribution in [1.29, 1.82) is 0 Å². The van der Waals surface area contributed by atoms with Crippen LogP contribution in [0.15, 0.2) is 18.2 Å². The van der Waals surface area contributed by atoms with Gasteiger partial charge in [-0.1, -0.05) is 6.07 Å². The van der Waals surface area contributed by atoms with Gasteiger partial charge in [0.2, 0.25) is 17.7 Å². The molecular weight excluding hydrogens is 276 g/mol. The van der Waals surface area contributed by atoms with Gasteiger partial charge in [-0.3, -0.25) is 24.6 Å². The highest BCUT2D eigenvalue weighted by Crippen LogP contribution is 2.34. The number of carboxylic acid groups (broad SMARTS) is 1. The Labute approximate surface area is 119 Å². The highest BCUT2D eigenvalue weighted by molar-refractivity contribution is 6.11. The Morgan fingerprint density at radius 2 is 2.05 bits per heavy atom. The van der Waals surface area contributed by atoms with Gasteiger partial charge in [0.15, 0.2) is 0 Å². The first kappa shape index (κ1) is 13.3. The molecule has 1 saturated heterocycles. The molecule has 0 aliphatic carbocycles. The number of carbonyl (C=O) groups excluding carboxylic acids is 3. The third-order valence-electron chi connectivity index (χ3n) is 3.76. The average molecular weight is 288 g/mol. The SMILES string of the molecule is O=C1CCC(N2C(=O)Cc3c(C(=O)O)cccc32)C(=O)N1. The van der Waals surface area contributed by atoms with Crippen LogP contribution >= 0.6 is 0 Å². The number of benzene rings is 1. The van der Waals surface area contributed by atoms with Gasteiger partial charge in [0.1, 0.15) is 6.04 Å². The molecular formula is C14H12N2O5. The maximum Gasteiger partial charge on any atom is 0.336 e. The summed E-state index contributed by atoms with van der Waals surface area (Å²) in [7, 11) is 0. The van der Waals surface area contributed by atoms with Crippen LogP contribution in [0.5, 0.6) is 0 Å². The van der Waals surface area contributed by atoms with Gasteiger partial charge in [0, 0.05) is 12.1 Å². The average Bonchev–Trinajstić information content (AvgIpc) is 2.74. The molecule has 0 radical (unpaired) electrons. The van der Waals surface area contributed by atoms with E-state index in [9.17, 15) is 19.2 Å². The first-order chi connectivity index (χ1) is 9.99. The summed E-state index contributed by atoms with van der Waals surface area (Å²) in [6.07, 6.45) is 0.358. The molecule has 3 amide bonds. The third kappa shape index (κ3) is 2.06. The van der Waals surface area contributed by atoms with Gasteiger partial charge in [-0.15, -0.1) is 0 Å². The minimum Gasteiger partial charge on any atom is -0.478 e. The fraction of sp³-hybridized carbons (Fsp3) is 0.286. The van der Waals surface area contributed by atoms with Crippen molar-refractivity contribution < 1.29 is 24.3 Å². The number of hydrogen-bond acceptors (Lipinski definition) is 4. The van der Waals surface area contributed by atoms with E-state index in [1.165, 1.54) is 11.0 Å². The molecule has 2 heterocycles. The molecule has 7 nitrogen and oxygen atoms in total. The number of nitrogens with zero attached hydrogens (tertiary/aromatic N) is 1. The summed E-state index contributed by atoms with van der Waals surface area (Å²) in [4.78, 5) is 47.8. The number of imide groups is 1. The predicted molar refractivity (Wildman–Crippen MR) is 70.8 cm³/mol. The number of aromatic carboxylic acids is 1. The van der Waals surface area contributed by atoms with Crippen molar-refractivity contribution in [3.05, 3.63) is 29.3 Å². The topological polar surface area (TPSA) is 104 Å². The fourth-order valence-corrected chi connectivity index (χ4v) is 2.83. The standard InChI is InChI=1S/C14H12N2O5/c17-11-5-4-10(13(19)15-11)16-9-3-1-2-7(14(20)21)8(9)6-12(16)18/h1-3,10H,4-6H2,(H,20,21)(H,15,17,19). The molecule has 1 fully saturated rings. The second kappa shape index (κ2) is 4.69. The molecule has 0 bridgehead atoms. The van der Waals surface area contributed by atoms with Crippen molar-refractivity contribution in [2.45, 2.75) is 25.3 Å². The van der Waals surface area contributed by atoms with Crippen molar-refractivity contribution >= 4 is 29.4 Å². The lowest BCUT2D eigenvalue weighted by Gasteiger charge is -2.30. The summed E-state index contributed by atoms with van der Waals surface area (Å²) < 4.78 is 0. The molecule has 7 heteroatoms. The minimum absolute atomic E-state index is 0.0461. The van der Waals surface area contributed by atoms with E-state index in [0.29, 0.717) is 11.3 Å². The van der Waals surface area contributed by atoms with Crippen molar-refractivity contribution in [2.24, 2.45) is 0 Å². The van der Waals surface area contributed by atoms with E-state index in [1.807, 2.05) is 0 Å². The summed E-state index contributed by atoms with van der Waals surface area (Å²) >= 11 is 0. The molecule has 0 saturated carbocycles. The van der Waals surface area contributed by atoms with Crippen LogP contribution in [0.2, 0.25) is 0 Å². The van der Waals surface area contributed by atoms with Gasteiger partial charge in [0.05, 0.1) is 12.0 Å². The van der Waals surface area contributed by atoms with Crippen molar-refractivity contribution in [3.8, 4) is 0 Å². The van der Waals surface area contributed by atoms with E-state index in [1.54, 1.807) is 12.1 Å². The van der Waals surface area contributed by atoms with E-state index >= 15 is 0 Å². The van der Waals surface area contributed by atoms with Crippen LogP contribution in [0.1, 0.15) is 28.8 Å². The van der Waals surface area contributed by atoms with Gasteiger partial charge in [-0.2, -0.15) is 0 Å². The van der Waals surface area contributed by atoms with Gasteiger partial charge in [-0.25, -0.2) is 4.79 Å². The van der Waals surface area contributed by atoms with E-state index in [0.717, 1.165) is 0 Å². The molecule has 0 spiro atoms. The number of piperidine rings is 1. The normalized spacial score (nSPS) is 21.2. The molecule has 1 unspecified atom stereocenters. The fourth-order valence-electron chi connectivity index (χ4n) is 2.83. The molecule has 1 aromatic rings. The van der Waals surface area contributed by atoms with Crippen LogP contribution in [0.3, 0.4) is 0 Å². The Hall–Kier alpha value is -2.70. The number of hydrogen-bond donors (Lipinski definition) is 2. The van der Waals surface area contributed by atoms with Crippen LogP contribution in [-0.2, 0) is 20.8 Å². The lowest BCUT2D eigenvalue weighted by atomic mass is 10.0. The zero-order valence-electron chi connectivity index (χ0n) is 11.0. The number of nitrogens with one attached hydrogen (secondary N) is 1. The summed E-state index contributed by atoms with van der Waals surface area (Å²) in [6, 6.07) is 3.83. The van der Waals surface area contributed by atoms with Crippen LogP contribution < -0.4 is 10.2 Å². The van der Waals surface area contributed by atoms with Crippen LogP contribution in [-0.4, -0.2) is 34.8 Å². The van der Waals surface area contributed by atoms with Gasteiger partial charge >= 0.3 is 5.97 Å². The monoisotopic (exact) mass is 288 g/mol. The Morgan fingerprint density at radius 3 is 2.71 bits per heavy atom. The summed E-state index contributed by atoms with van der Waals surface area (Å²) in [5.74, 6) is -2.31. The predicted octanol–water partition coefficient (Wildman–Crippen LogP) is 0.0791. The zero-order chi connectivity index (χ0) is 15.1. The molecule has 21 heavy (non-hydrogen) atoms. The number of carbonyl (C=O) groups is 4. The second-order valence-corrected chi connectivity index (χ2v) is 5.02. The Kier molecular flexibility index (Phi) is 2.97. The minimum atomic E-state index is -1.11. The molecule has 2 aliphatic heterocycles. The van der Waals surface area contributed by atoms with Crippen molar-refractivity contribution in [1.82, 2.24) is 5.32 Å². The molecule has 2 N–H and O–H groups in total. The Morgan fingerprint density at radius 1 is 1.29 bits per heavy atom. The maximum absolute atomic E-state index is 12.2. The molecule has 1 atom stereocenters. The van der Waals surface area contributed by atoms with Gasteiger partial charge in [-0.05, 0) is 24.1 Å². The number of amides is 3. The van der Waals surface area contributed by atoms with E-state index < -0.39 is 17.9 Å². The number of carboxylic acids is 1. The quantitative estimate of drug-likeness (QED) is 0.750. The number of anilines is 1. The zero-order valence-corrected chi connectivity index (χ0v) is 11.0. The number of rotatable bonds is 2. The maximum atomic E-state index is 12.2. The van der Waals surface area contributed by atoms with Crippen molar-refractivity contribution in [2.75, 3.05) is 4.90 Å². The van der Waals surface area contributed by atoms with Crippen molar-refractivity contribution in [3.63, 3.8) is 0 Å². The van der Waals surface area contributed by atoms with Crippen LogP contribution in [0, 0.1) is 0 Å². The Balaban J connectivity index is 2.02. The molecule has 0 aromatic heterocycles. The first-order valence-corrected chi connectivity index (χ1v) is 6.50. The molecule has 2 aliphatic rings. The lowest BCUT2D eigenvalue weighted by Crippen LogP contribution is -2.53. The smallest absolute Gasteiger partial charge is 0.336 e. The van der Waals surface area contributed by atoms with Gasteiger partial charge < -0.3 is 5.11 Å². The van der Waals surface area contributed by atoms with Gasteiger partial charge in [0.25, 0.3) is 0 Å². The van der Waals surface area contributed by atoms with E-state index in [-0.39, 0.29) is 36.6 Å². The van der Waals surface area contributed by atoms with Crippen LogP contribution in [0.4, 0.5) is 5.69 Å². The summed E-state index contributed by atoms with van der Waals surface area (Å²) in [5, 5.41) is 11.4.